The Morgan fingerprint density at radius 2 is 2.00 bits per heavy atom. The molecule has 0 amide bonds. The summed E-state index contributed by atoms with van der Waals surface area (Å²) in [5, 5.41) is 12.1. The van der Waals surface area contributed by atoms with E-state index in [1.807, 2.05) is 13.0 Å². The van der Waals surface area contributed by atoms with Crippen LogP contribution in [0.5, 0.6) is 11.5 Å². The highest BCUT2D eigenvalue weighted by Crippen LogP contribution is 2.45. The van der Waals surface area contributed by atoms with E-state index in [0.29, 0.717) is 42.4 Å². The third kappa shape index (κ3) is 3.02. The van der Waals surface area contributed by atoms with E-state index in [1.54, 1.807) is 19.6 Å². The van der Waals surface area contributed by atoms with Crippen molar-refractivity contribution in [3.8, 4) is 11.5 Å². The van der Waals surface area contributed by atoms with E-state index in [4.69, 9.17) is 23.0 Å². The molecule has 1 aliphatic heterocycles. The van der Waals surface area contributed by atoms with E-state index in [2.05, 4.69) is 4.90 Å². The van der Waals surface area contributed by atoms with Gasteiger partial charge in [0.2, 0.25) is 5.75 Å². The summed E-state index contributed by atoms with van der Waals surface area (Å²) in [6.45, 7) is 5.69. The number of β-amino-alcohol motifs (C(OH)–C–C–N with tert-alkyl or cyclic N) is 1. The molecule has 0 bridgehead atoms. The number of aliphatic hydroxyl groups is 1. The molecule has 3 aromatic rings. The second kappa shape index (κ2) is 7.19. The molecule has 0 aliphatic carbocycles. The van der Waals surface area contributed by atoms with Crippen molar-refractivity contribution in [3.05, 3.63) is 24.2 Å². The summed E-state index contributed by atoms with van der Waals surface area (Å²) >= 11 is 0. The van der Waals surface area contributed by atoms with Gasteiger partial charge in [0, 0.05) is 19.6 Å². The minimum atomic E-state index is -0.618. The zero-order valence-corrected chi connectivity index (χ0v) is 15.0. The summed E-state index contributed by atoms with van der Waals surface area (Å²) in [5.74, 6) is 1.05. The number of furan rings is 2. The number of morpholine rings is 1. The normalized spacial score (nSPS) is 17.0. The van der Waals surface area contributed by atoms with Gasteiger partial charge in [-0.05, 0) is 18.6 Å². The van der Waals surface area contributed by atoms with Crippen molar-refractivity contribution in [2.45, 2.75) is 13.0 Å². The van der Waals surface area contributed by atoms with Crippen molar-refractivity contribution in [2.75, 3.05) is 46.6 Å². The molecule has 1 fully saturated rings. The molecule has 4 rings (SSSR count). The van der Waals surface area contributed by atoms with Crippen LogP contribution in [0.4, 0.5) is 0 Å². The van der Waals surface area contributed by atoms with Gasteiger partial charge >= 0.3 is 0 Å². The molecule has 0 spiro atoms. The first-order valence-corrected chi connectivity index (χ1v) is 8.75. The Kier molecular flexibility index (Phi) is 4.76. The van der Waals surface area contributed by atoms with Gasteiger partial charge in [-0.3, -0.25) is 4.90 Å². The Morgan fingerprint density at radius 1 is 1.19 bits per heavy atom. The number of benzene rings is 1. The Morgan fingerprint density at radius 3 is 2.77 bits per heavy atom. The van der Waals surface area contributed by atoms with E-state index in [0.717, 1.165) is 29.4 Å². The summed E-state index contributed by atoms with van der Waals surface area (Å²) in [5.41, 5.74) is 2.22. The molecule has 0 saturated carbocycles. The van der Waals surface area contributed by atoms with Crippen LogP contribution in [0.1, 0.15) is 5.56 Å². The number of hydrogen-bond acceptors (Lipinski definition) is 7. The van der Waals surface area contributed by atoms with E-state index in [-0.39, 0.29) is 6.61 Å². The zero-order chi connectivity index (χ0) is 18.1. The highest BCUT2D eigenvalue weighted by Gasteiger charge is 2.24. The lowest BCUT2D eigenvalue weighted by Crippen LogP contribution is -2.42. The number of aliphatic hydroxyl groups excluding tert-OH is 1. The van der Waals surface area contributed by atoms with Gasteiger partial charge in [0.15, 0.2) is 11.3 Å². The summed E-state index contributed by atoms with van der Waals surface area (Å²) < 4.78 is 28.2. The minimum absolute atomic E-state index is 0.152. The minimum Gasteiger partial charge on any atom is -0.490 e. The molecule has 1 aromatic carbocycles. The lowest BCUT2D eigenvalue weighted by atomic mass is 10.1. The molecule has 26 heavy (non-hydrogen) atoms. The van der Waals surface area contributed by atoms with Crippen LogP contribution < -0.4 is 9.47 Å². The van der Waals surface area contributed by atoms with Crippen molar-refractivity contribution in [1.82, 2.24) is 4.90 Å². The van der Waals surface area contributed by atoms with Gasteiger partial charge in [0.1, 0.15) is 18.3 Å². The average Bonchev–Trinajstić information content (AvgIpc) is 3.27. The molecular weight excluding hydrogens is 338 g/mol. The first kappa shape index (κ1) is 17.2. The average molecular weight is 361 g/mol. The largest absolute Gasteiger partial charge is 0.490 e. The maximum atomic E-state index is 10.4. The summed E-state index contributed by atoms with van der Waals surface area (Å²) in [6, 6.07) is 1.85. The Balaban J connectivity index is 1.61. The SMILES string of the molecule is COc1c(OCC(O)CN2CCOCC2)c2c(C)coc2c2ccoc12. The number of aryl methyl sites for hydroxylation is 1. The number of fused-ring (bicyclic) bond motifs is 3. The fourth-order valence-corrected chi connectivity index (χ4v) is 3.44. The van der Waals surface area contributed by atoms with Gasteiger partial charge in [-0.2, -0.15) is 0 Å². The van der Waals surface area contributed by atoms with E-state index < -0.39 is 6.10 Å². The van der Waals surface area contributed by atoms with Gasteiger partial charge in [0.25, 0.3) is 0 Å². The van der Waals surface area contributed by atoms with E-state index in [9.17, 15) is 5.11 Å². The highest BCUT2D eigenvalue weighted by molar-refractivity contribution is 6.10. The zero-order valence-electron chi connectivity index (χ0n) is 15.0. The predicted molar refractivity (Wildman–Crippen MR) is 96.0 cm³/mol. The molecule has 1 unspecified atom stereocenters. The Labute approximate surface area is 151 Å². The Hall–Kier alpha value is -2.22. The molecule has 1 N–H and O–H groups in total. The number of methoxy groups -OCH3 is 1. The predicted octanol–water partition coefficient (Wildman–Crippen LogP) is 2.57. The fourth-order valence-electron chi connectivity index (χ4n) is 3.44. The molecule has 7 nitrogen and oxygen atoms in total. The van der Waals surface area contributed by atoms with Gasteiger partial charge in [-0.1, -0.05) is 0 Å². The van der Waals surface area contributed by atoms with Gasteiger partial charge in [-0.15, -0.1) is 0 Å². The Bertz CT molecular complexity index is 892. The van der Waals surface area contributed by atoms with Crippen molar-refractivity contribution < 1.29 is 28.2 Å². The molecule has 1 atom stereocenters. The van der Waals surface area contributed by atoms with Gasteiger partial charge in [-0.25, -0.2) is 0 Å². The van der Waals surface area contributed by atoms with Crippen LogP contribution in [-0.2, 0) is 4.74 Å². The number of ether oxygens (including phenoxy) is 3. The second-order valence-corrected chi connectivity index (χ2v) is 6.53. The second-order valence-electron chi connectivity index (χ2n) is 6.53. The van der Waals surface area contributed by atoms with Crippen molar-refractivity contribution >= 4 is 21.9 Å². The quantitative estimate of drug-likeness (QED) is 0.723. The lowest BCUT2D eigenvalue weighted by molar-refractivity contribution is 0.00460. The first-order valence-electron chi connectivity index (χ1n) is 8.75. The van der Waals surface area contributed by atoms with Crippen molar-refractivity contribution in [2.24, 2.45) is 0 Å². The molecule has 140 valence electrons. The standard InChI is InChI=1S/C19H23NO6/c1-12-10-25-16-14-3-6-24-17(14)19(22-2)18(15(12)16)26-11-13(21)9-20-4-7-23-8-5-20/h3,6,10,13,21H,4-5,7-9,11H2,1-2H3. The van der Waals surface area contributed by atoms with Crippen LogP contribution in [0.3, 0.4) is 0 Å². The fraction of sp³-hybridized carbons (Fsp3) is 0.474. The molecule has 1 saturated heterocycles. The number of nitrogens with zero attached hydrogens (tertiary/aromatic N) is 1. The van der Waals surface area contributed by atoms with Crippen LogP contribution in [0.2, 0.25) is 0 Å². The van der Waals surface area contributed by atoms with Gasteiger partial charge < -0.3 is 28.2 Å². The van der Waals surface area contributed by atoms with Crippen LogP contribution >= 0.6 is 0 Å². The van der Waals surface area contributed by atoms with Crippen LogP contribution in [0, 0.1) is 6.92 Å². The molecule has 2 aromatic heterocycles. The molecule has 1 aliphatic rings. The lowest BCUT2D eigenvalue weighted by Gasteiger charge is -2.28. The molecular formula is C19H23NO6. The van der Waals surface area contributed by atoms with Crippen LogP contribution in [-0.4, -0.2) is 62.7 Å². The van der Waals surface area contributed by atoms with E-state index >= 15 is 0 Å². The van der Waals surface area contributed by atoms with E-state index in [1.165, 1.54) is 0 Å². The monoisotopic (exact) mass is 361 g/mol. The summed E-state index contributed by atoms with van der Waals surface area (Å²) in [4.78, 5) is 2.17. The summed E-state index contributed by atoms with van der Waals surface area (Å²) in [6.07, 6.45) is 2.67. The molecule has 0 radical (unpaired) electrons. The maximum absolute atomic E-state index is 10.4. The van der Waals surface area contributed by atoms with Crippen LogP contribution in [0.15, 0.2) is 27.4 Å². The van der Waals surface area contributed by atoms with Crippen molar-refractivity contribution in [1.29, 1.82) is 0 Å². The maximum Gasteiger partial charge on any atom is 0.205 e. The van der Waals surface area contributed by atoms with Crippen LogP contribution in [0.25, 0.3) is 21.9 Å². The van der Waals surface area contributed by atoms with Gasteiger partial charge in [0.05, 0.1) is 43.6 Å². The number of rotatable bonds is 6. The highest BCUT2D eigenvalue weighted by atomic mass is 16.5. The molecule has 3 heterocycles. The molecule has 7 heteroatoms. The topological polar surface area (TPSA) is 77.4 Å². The third-order valence-corrected chi connectivity index (χ3v) is 4.72. The summed E-state index contributed by atoms with van der Waals surface area (Å²) in [7, 11) is 1.58. The smallest absolute Gasteiger partial charge is 0.205 e. The first-order chi connectivity index (χ1) is 12.7. The van der Waals surface area contributed by atoms with Crippen molar-refractivity contribution in [3.63, 3.8) is 0 Å². The third-order valence-electron chi connectivity index (χ3n) is 4.72. The number of hydrogen-bond donors (Lipinski definition) is 1.